The molecule has 0 rings (SSSR count). The SMILES string of the molecule is C[N+](C)=C(N)N=C(N)N.[CH3-]. The highest BCUT2D eigenvalue weighted by molar-refractivity contribution is 5.89. The average Bonchev–Trinajstić information content (AvgIpc) is 1.63. The molecule has 0 bridgehead atoms. The van der Waals surface area contributed by atoms with E-state index in [0.717, 1.165) is 0 Å². The molecule has 0 aliphatic rings. The number of aliphatic imine (C=N–C) groups is 1. The quantitative estimate of drug-likeness (QED) is 0.164. The van der Waals surface area contributed by atoms with Gasteiger partial charge in [-0.2, -0.15) is 0 Å². The fourth-order valence-electron chi connectivity index (χ4n) is 0.232. The Labute approximate surface area is 61.2 Å². The van der Waals surface area contributed by atoms with Gasteiger partial charge in [0, 0.05) is 0 Å². The number of nitrogens with zero attached hydrogens (tertiary/aromatic N) is 2. The number of hydrogen-bond acceptors (Lipinski definition) is 0. The van der Waals surface area contributed by atoms with Crippen LogP contribution >= 0.6 is 0 Å². The van der Waals surface area contributed by atoms with Gasteiger partial charge >= 0.3 is 5.96 Å². The lowest BCUT2D eigenvalue weighted by atomic mass is 10.9. The van der Waals surface area contributed by atoms with Crippen molar-refractivity contribution < 1.29 is 4.58 Å². The van der Waals surface area contributed by atoms with Gasteiger partial charge in [-0.3, -0.25) is 10.3 Å². The number of guanidine groups is 2. The Kier molecular flexibility index (Phi) is 5.31. The van der Waals surface area contributed by atoms with E-state index in [0.29, 0.717) is 5.96 Å². The molecule has 6 N–H and O–H groups in total. The number of rotatable bonds is 0. The van der Waals surface area contributed by atoms with Gasteiger partial charge in [-0.15, -0.1) is 0 Å². The molecule has 0 aromatic carbocycles. The van der Waals surface area contributed by atoms with E-state index in [1.165, 1.54) is 0 Å². The van der Waals surface area contributed by atoms with Gasteiger partial charge in [0.25, 0.3) is 5.96 Å². The van der Waals surface area contributed by atoms with Gasteiger partial charge in [-0.1, -0.05) is 0 Å². The first kappa shape index (κ1) is 11.5. The van der Waals surface area contributed by atoms with Crippen LogP contribution in [0.4, 0.5) is 0 Å². The van der Waals surface area contributed by atoms with E-state index in [1.807, 2.05) is 0 Å². The minimum atomic E-state index is -0.0267. The van der Waals surface area contributed by atoms with Crippen molar-refractivity contribution in [3.05, 3.63) is 7.43 Å². The van der Waals surface area contributed by atoms with E-state index in [1.54, 1.807) is 18.7 Å². The number of hydrogen-bond donors (Lipinski definition) is 3. The first-order valence-corrected chi connectivity index (χ1v) is 2.43. The van der Waals surface area contributed by atoms with Gasteiger partial charge in [0.2, 0.25) is 0 Å². The summed E-state index contributed by atoms with van der Waals surface area (Å²) in [7, 11) is 3.50. The summed E-state index contributed by atoms with van der Waals surface area (Å²) in [4.78, 5) is 3.57. The van der Waals surface area contributed by atoms with Crippen LogP contribution in [0.15, 0.2) is 4.99 Å². The third-order valence-corrected chi connectivity index (χ3v) is 0.702. The van der Waals surface area contributed by atoms with E-state index in [4.69, 9.17) is 17.2 Å². The Morgan fingerprint density at radius 3 is 1.70 bits per heavy atom. The third kappa shape index (κ3) is 4.89. The summed E-state index contributed by atoms with van der Waals surface area (Å²) in [5.41, 5.74) is 15.4. The normalized spacial score (nSPS) is 7.40. The molecule has 0 fully saturated rings. The van der Waals surface area contributed by atoms with Crippen LogP contribution in [0.1, 0.15) is 0 Å². The lowest BCUT2D eigenvalue weighted by molar-refractivity contribution is -0.466. The summed E-state index contributed by atoms with van der Waals surface area (Å²) in [5, 5.41) is 0. The Hall–Kier alpha value is -1.26. The van der Waals surface area contributed by atoms with Crippen molar-refractivity contribution in [1.82, 2.24) is 0 Å². The fraction of sp³-hybridized carbons (Fsp3) is 0.400. The minimum Gasteiger partial charge on any atom is -0.358 e. The van der Waals surface area contributed by atoms with E-state index < -0.39 is 0 Å². The zero-order chi connectivity index (χ0) is 7.44. The molecule has 0 aliphatic heterocycles. The fourth-order valence-corrected chi connectivity index (χ4v) is 0.232. The summed E-state index contributed by atoms with van der Waals surface area (Å²) >= 11 is 0. The van der Waals surface area contributed by atoms with Crippen LogP contribution in [0.5, 0.6) is 0 Å². The topological polar surface area (TPSA) is 93.4 Å². The van der Waals surface area contributed by atoms with Crippen LogP contribution in [0.25, 0.3) is 0 Å². The molecule has 60 valence electrons. The summed E-state index contributed by atoms with van der Waals surface area (Å²) < 4.78 is 1.61. The first-order valence-electron chi connectivity index (χ1n) is 2.43. The second-order valence-corrected chi connectivity index (χ2v) is 1.79. The van der Waals surface area contributed by atoms with Crippen LogP contribution < -0.4 is 17.2 Å². The van der Waals surface area contributed by atoms with Crippen molar-refractivity contribution in [3.8, 4) is 0 Å². The molecule has 0 aromatic rings. The monoisotopic (exact) mass is 145 g/mol. The van der Waals surface area contributed by atoms with E-state index in [2.05, 4.69) is 4.99 Å². The highest BCUT2D eigenvalue weighted by Gasteiger charge is 1.97. The standard InChI is InChI=1S/C4H11N5.CH3/c1-9(2)4(7)8-3(5)6;/h1-2H3,(H5,5,6,7,8);1H3/q;-1/p+1. The van der Waals surface area contributed by atoms with Gasteiger partial charge in [0.05, 0.1) is 14.1 Å². The lowest BCUT2D eigenvalue weighted by Gasteiger charge is -1.88. The number of nitrogens with two attached hydrogens (primary N) is 3. The Morgan fingerprint density at radius 1 is 1.20 bits per heavy atom. The Balaban J connectivity index is 0. The van der Waals surface area contributed by atoms with Crippen LogP contribution in [0.3, 0.4) is 0 Å². The molecule has 0 aromatic heterocycles. The molecule has 0 amide bonds. The zero-order valence-corrected chi connectivity index (χ0v) is 6.63. The second-order valence-electron chi connectivity index (χ2n) is 1.79. The van der Waals surface area contributed by atoms with E-state index in [-0.39, 0.29) is 13.4 Å². The molecule has 5 heteroatoms. The van der Waals surface area contributed by atoms with Crippen LogP contribution in [0, 0.1) is 7.43 Å². The van der Waals surface area contributed by atoms with Crippen molar-refractivity contribution in [3.63, 3.8) is 0 Å². The molecular formula is C5H15N5. The van der Waals surface area contributed by atoms with Crippen molar-refractivity contribution >= 4 is 11.9 Å². The smallest absolute Gasteiger partial charge is 0.358 e. The molecule has 0 atom stereocenters. The molecular weight excluding hydrogens is 130 g/mol. The Morgan fingerprint density at radius 2 is 1.60 bits per heavy atom. The minimum absolute atomic E-state index is 0. The van der Waals surface area contributed by atoms with Gasteiger partial charge in [0.15, 0.2) is 0 Å². The zero-order valence-electron chi connectivity index (χ0n) is 6.63. The van der Waals surface area contributed by atoms with Crippen molar-refractivity contribution in [1.29, 1.82) is 0 Å². The molecule has 5 nitrogen and oxygen atoms in total. The predicted octanol–water partition coefficient (Wildman–Crippen LogP) is -1.70. The van der Waals surface area contributed by atoms with Gasteiger partial charge < -0.3 is 18.9 Å². The lowest BCUT2D eigenvalue weighted by Crippen LogP contribution is -2.29. The molecule has 0 unspecified atom stereocenters. The van der Waals surface area contributed by atoms with Crippen molar-refractivity contribution in [2.75, 3.05) is 14.1 Å². The van der Waals surface area contributed by atoms with Gasteiger partial charge in [-0.25, -0.2) is 0 Å². The van der Waals surface area contributed by atoms with E-state index in [9.17, 15) is 0 Å². The predicted molar refractivity (Wildman–Crippen MR) is 43.5 cm³/mol. The van der Waals surface area contributed by atoms with Gasteiger partial charge in [0.1, 0.15) is 0 Å². The van der Waals surface area contributed by atoms with Crippen LogP contribution in [-0.2, 0) is 0 Å². The highest BCUT2D eigenvalue weighted by Crippen LogP contribution is 1.64. The maximum Gasteiger partial charge on any atom is 0.387 e. The molecule has 10 heavy (non-hydrogen) atoms. The van der Waals surface area contributed by atoms with E-state index >= 15 is 0 Å². The van der Waals surface area contributed by atoms with Gasteiger partial charge in [-0.05, 0) is 4.99 Å². The third-order valence-electron chi connectivity index (χ3n) is 0.702. The van der Waals surface area contributed by atoms with Crippen molar-refractivity contribution in [2.24, 2.45) is 22.2 Å². The maximum absolute atomic E-state index is 5.31. The molecule has 0 radical (unpaired) electrons. The molecule has 0 heterocycles. The largest absolute Gasteiger partial charge is 0.387 e. The summed E-state index contributed by atoms with van der Waals surface area (Å²) in [5.74, 6) is 0.274. The molecule has 0 saturated heterocycles. The molecule has 0 saturated carbocycles. The van der Waals surface area contributed by atoms with Crippen LogP contribution in [-0.4, -0.2) is 30.6 Å². The molecule has 0 aliphatic carbocycles. The molecule has 0 spiro atoms. The second kappa shape index (κ2) is 4.60. The van der Waals surface area contributed by atoms with Crippen molar-refractivity contribution in [2.45, 2.75) is 0 Å². The van der Waals surface area contributed by atoms with Crippen LogP contribution in [0.2, 0.25) is 0 Å². The highest BCUT2D eigenvalue weighted by atomic mass is 15.2. The summed E-state index contributed by atoms with van der Waals surface area (Å²) in [6.45, 7) is 0. The summed E-state index contributed by atoms with van der Waals surface area (Å²) in [6.07, 6.45) is 0. The average molecular weight is 145 g/mol. The Bertz CT molecular complexity index is 149. The first-order chi connectivity index (χ1) is 4.04. The maximum atomic E-state index is 5.31. The summed E-state index contributed by atoms with van der Waals surface area (Å²) in [6, 6.07) is 0.